The number of aryl methyl sites for hydroxylation is 1. The van der Waals surface area contributed by atoms with E-state index < -0.39 is 0 Å². The van der Waals surface area contributed by atoms with Gasteiger partial charge in [-0.2, -0.15) is 5.10 Å². The van der Waals surface area contributed by atoms with Crippen molar-refractivity contribution in [2.45, 2.75) is 6.92 Å². The Bertz CT molecular complexity index is 936. The van der Waals surface area contributed by atoms with Crippen LogP contribution < -0.4 is 14.8 Å². The zero-order chi connectivity index (χ0) is 17.2. The van der Waals surface area contributed by atoms with Gasteiger partial charge in [0.2, 0.25) is 0 Å². The summed E-state index contributed by atoms with van der Waals surface area (Å²) in [6, 6.07) is 11.0. The van der Waals surface area contributed by atoms with Gasteiger partial charge >= 0.3 is 0 Å². The van der Waals surface area contributed by atoms with E-state index in [0.717, 1.165) is 11.3 Å². The summed E-state index contributed by atoms with van der Waals surface area (Å²) in [5.74, 6) is 1.57. The number of carbonyl (C=O) groups is 1. The molecule has 25 heavy (non-hydrogen) atoms. The maximum absolute atomic E-state index is 12.6. The fourth-order valence-corrected chi connectivity index (χ4v) is 2.67. The number of aromatic amines is 1. The van der Waals surface area contributed by atoms with Crippen LogP contribution in [0.1, 0.15) is 16.1 Å². The molecule has 0 atom stereocenters. The third kappa shape index (κ3) is 3.03. The van der Waals surface area contributed by atoms with Crippen LogP contribution in [0.2, 0.25) is 0 Å². The molecule has 0 radical (unpaired) electrons. The monoisotopic (exact) mass is 336 g/mol. The summed E-state index contributed by atoms with van der Waals surface area (Å²) >= 11 is 0. The van der Waals surface area contributed by atoms with Gasteiger partial charge in [-0.1, -0.05) is 6.07 Å². The average molecular weight is 336 g/mol. The third-order valence-electron chi connectivity index (χ3n) is 3.84. The van der Waals surface area contributed by atoms with Crippen LogP contribution in [0.15, 0.2) is 42.6 Å². The smallest absolute Gasteiger partial charge is 0.260 e. The molecule has 1 amide bonds. The molecule has 0 saturated heterocycles. The first-order valence-corrected chi connectivity index (χ1v) is 7.89. The standard InChI is InChI=1S/C18H16N4O3/c1-11-3-2-4-16(20-11)21-18(23)13-10-19-22-17(13)12-5-6-14-15(9-12)25-8-7-24-14/h2-6,9-10H,7-8H2,1H3,(H,19,22)(H,20,21,23). The number of nitrogens with zero attached hydrogens (tertiary/aromatic N) is 2. The van der Waals surface area contributed by atoms with E-state index in [4.69, 9.17) is 9.47 Å². The number of nitrogens with one attached hydrogen (secondary N) is 2. The number of amides is 1. The Balaban J connectivity index is 1.63. The summed E-state index contributed by atoms with van der Waals surface area (Å²) in [5, 5.41) is 9.68. The molecular formula is C18H16N4O3. The highest BCUT2D eigenvalue weighted by molar-refractivity contribution is 6.07. The Morgan fingerprint density at radius 3 is 2.84 bits per heavy atom. The van der Waals surface area contributed by atoms with Crippen molar-refractivity contribution in [2.24, 2.45) is 0 Å². The lowest BCUT2D eigenvalue weighted by Crippen LogP contribution is -2.15. The van der Waals surface area contributed by atoms with Gasteiger partial charge in [-0.25, -0.2) is 4.98 Å². The topological polar surface area (TPSA) is 89.1 Å². The molecule has 0 bridgehead atoms. The number of hydrogen-bond donors (Lipinski definition) is 2. The van der Waals surface area contributed by atoms with Crippen molar-refractivity contribution in [3.63, 3.8) is 0 Å². The molecular weight excluding hydrogens is 320 g/mol. The molecule has 4 rings (SSSR count). The highest BCUT2D eigenvalue weighted by Crippen LogP contribution is 2.34. The van der Waals surface area contributed by atoms with E-state index in [1.54, 1.807) is 6.07 Å². The van der Waals surface area contributed by atoms with Gasteiger partial charge in [-0.05, 0) is 37.3 Å². The molecule has 1 aliphatic rings. The highest BCUT2D eigenvalue weighted by atomic mass is 16.6. The first-order chi connectivity index (χ1) is 12.2. The number of rotatable bonds is 3. The predicted octanol–water partition coefficient (Wildman–Crippen LogP) is 2.80. The average Bonchev–Trinajstić information content (AvgIpc) is 3.11. The van der Waals surface area contributed by atoms with Gasteiger partial charge in [0, 0.05) is 11.3 Å². The minimum Gasteiger partial charge on any atom is -0.486 e. The second kappa shape index (κ2) is 6.27. The maximum Gasteiger partial charge on any atom is 0.260 e. The molecule has 0 spiro atoms. The largest absolute Gasteiger partial charge is 0.486 e. The van der Waals surface area contributed by atoms with Crippen molar-refractivity contribution in [3.8, 4) is 22.8 Å². The zero-order valence-electron chi connectivity index (χ0n) is 13.6. The van der Waals surface area contributed by atoms with Gasteiger partial charge in [0.05, 0.1) is 17.5 Å². The lowest BCUT2D eigenvalue weighted by molar-refractivity contribution is 0.102. The number of benzene rings is 1. The lowest BCUT2D eigenvalue weighted by atomic mass is 10.1. The molecule has 0 saturated carbocycles. The molecule has 3 aromatic rings. The van der Waals surface area contributed by atoms with Crippen molar-refractivity contribution in [1.82, 2.24) is 15.2 Å². The van der Waals surface area contributed by atoms with Gasteiger partial charge in [0.25, 0.3) is 5.91 Å². The summed E-state index contributed by atoms with van der Waals surface area (Å²) in [4.78, 5) is 16.9. The summed E-state index contributed by atoms with van der Waals surface area (Å²) < 4.78 is 11.1. The second-order valence-electron chi connectivity index (χ2n) is 5.64. The Labute approximate surface area is 144 Å². The van der Waals surface area contributed by atoms with Crippen molar-refractivity contribution < 1.29 is 14.3 Å². The number of anilines is 1. The van der Waals surface area contributed by atoms with E-state index in [0.29, 0.717) is 41.8 Å². The number of ether oxygens (including phenoxy) is 2. The van der Waals surface area contributed by atoms with Crippen LogP contribution in [0.5, 0.6) is 11.5 Å². The fourth-order valence-electron chi connectivity index (χ4n) is 2.67. The molecule has 1 aromatic carbocycles. The zero-order valence-corrected chi connectivity index (χ0v) is 13.6. The minimum absolute atomic E-state index is 0.281. The molecule has 7 nitrogen and oxygen atoms in total. The van der Waals surface area contributed by atoms with Crippen molar-refractivity contribution in [3.05, 3.63) is 53.9 Å². The van der Waals surface area contributed by atoms with Crippen LogP contribution in [0.4, 0.5) is 5.82 Å². The summed E-state index contributed by atoms with van der Waals surface area (Å²) in [6.45, 7) is 2.91. The Hall–Kier alpha value is -3.35. The van der Waals surface area contributed by atoms with Gasteiger partial charge in [0.15, 0.2) is 11.5 Å². The van der Waals surface area contributed by atoms with Crippen molar-refractivity contribution in [2.75, 3.05) is 18.5 Å². The Morgan fingerprint density at radius 2 is 2.00 bits per heavy atom. The highest BCUT2D eigenvalue weighted by Gasteiger charge is 2.19. The van der Waals surface area contributed by atoms with Crippen molar-refractivity contribution in [1.29, 1.82) is 0 Å². The van der Waals surface area contributed by atoms with Crippen LogP contribution >= 0.6 is 0 Å². The number of carbonyl (C=O) groups excluding carboxylic acids is 1. The normalized spacial score (nSPS) is 12.7. The summed E-state index contributed by atoms with van der Waals surface area (Å²) in [5.41, 5.74) is 2.67. The van der Waals surface area contributed by atoms with E-state index in [1.165, 1.54) is 6.20 Å². The van der Waals surface area contributed by atoms with E-state index in [1.807, 2.05) is 37.3 Å². The SMILES string of the molecule is Cc1cccc(NC(=O)c2cn[nH]c2-c2ccc3c(c2)OCCO3)n1. The molecule has 7 heteroatoms. The molecule has 0 fully saturated rings. The van der Waals surface area contributed by atoms with Gasteiger partial charge < -0.3 is 14.8 Å². The number of pyridine rings is 1. The maximum atomic E-state index is 12.6. The van der Waals surface area contributed by atoms with Crippen LogP contribution in [0, 0.1) is 6.92 Å². The minimum atomic E-state index is -0.281. The van der Waals surface area contributed by atoms with Crippen LogP contribution in [0.3, 0.4) is 0 Å². The molecule has 3 heterocycles. The van der Waals surface area contributed by atoms with E-state index in [2.05, 4.69) is 20.5 Å². The predicted molar refractivity (Wildman–Crippen MR) is 91.9 cm³/mol. The first-order valence-electron chi connectivity index (χ1n) is 7.89. The Kier molecular flexibility index (Phi) is 3.81. The summed E-state index contributed by atoms with van der Waals surface area (Å²) in [7, 11) is 0. The van der Waals surface area contributed by atoms with Crippen LogP contribution in [-0.4, -0.2) is 34.3 Å². The van der Waals surface area contributed by atoms with Gasteiger partial charge in [-0.3, -0.25) is 9.89 Å². The van der Waals surface area contributed by atoms with Crippen molar-refractivity contribution >= 4 is 11.7 Å². The quantitative estimate of drug-likeness (QED) is 0.768. The molecule has 2 N–H and O–H groups in total. The number of H-pyrrole nitrogens is 1. The number of aromatic nitrogens is 3. The molecule has 2 aromatic heterocycles. The van der Waals surface area contributed by atoms with Gasteiger partial charge in [-0.15, -0.1) is 0 Å². The number of hydrogen-bond acceptors (Lipinski definition) is 5. The fraction of sp³-hybridized carbons (Fsp3) is 0.167. The molecule has 1 aliphatic heterocycles. The van der Waals surface area contributed by atoms with Gasteiger partial charge in [0.1, 0.15) is 19.0 Å². The first kappa shape index (κ1) is 15.2. The molecule has 126 valence electrons. The van der Waals surface area contributed by atoms with E-state index in [-0.39, 0.29) is 5.91 Å². The molecule has 0 aliphatic carbocycles. The van der Waals surface area contributed by atoms with E-state index >= 15 is 0 Å². The lowest BCUT2D eigenvalue weighted by Gasteiger charge is -2.18. The Morgan fingerprint density at radius 1 is 1.16 bits per heavy atom. The van der Waals surface area contributed by atoms with E-state index in [9.17, 15) is 4.79 Å². The molecule has 0 unspecified atom stereocenters. The van der Waals surface area contributed by atoms with Crippen LogP contribution in [-0.2, 0) is 0 Å². The second-order valence-corrected chi connectivity index (χ2v) is 5.64. The third-order valence-corrected chi connectivity index (χ3v) is 3.84. The van der Waals surface area contributed by atoms with Crippen LogP contribution in [0.25, 0.3) is 11.3 Å². The number of fused-ring (bicyclic) bond motifs is 1. The summed E-state index contributed by atoms with van der Waals surface area (Å²) in [6.07, 6.45) is 1.50.